The van der Waals surface area contributed by atoms with Crippen LogP contribution in [0, 0.1) is 23.0 Å². The van der Waals surface area contributed by atoms with E-state index in [-0.39, 0.29) is 27.4 Å². The van der Waals surface area contributed by atoms with Crippen molar-refractivity contribution < 1.29 is 13.6 Å². The van der Waals surface area contributed by atoms with E-state index in [9.17, 15) is 13.6 Å². The molecule has 0 saturated heterocycles. The minimum atomic E-state index is -1.13. The highest BCUT2D eigenvalue weighted by molar-refractivity contribution is 6.34. The summed E-state index contributed by atoms with van der Waals surface area (Å²) in [7, 11) is 0. The quantitative estimate of drug-likeness (QED) is 0.564. The van der Waals surface area contributed by atoms with Crippen LogP contribution < -0.4 is 16.4 Å². The molecule has 1 aromatic rings. The maximum atomic E-state index is 14.2. The molecule has 1 atom stereocenters. The molecule has 1 aromatic carbocycles. The van der Waals surface area contributed by atoms with Crippen LogP contribution >= 0.6 is 11.6 Å². The Balaban J connectivity index is 2.15. The number of carbonyl (C=O) groups is 1. The molecular formula is C16H11ClF2N4O. The van der Waals surface area contributed by atoms with E-state index in [2.05, 4.69) is 10.6 Å². The van der Waals surface area contributed by atoms with E-state index in [1.54, 1.807) is 6.92 Å². The van der Waals surface area contributed by atoms with E-state index in [4.69, 9.17) is 22.6 Å². The van der Waals surface area contributed by atoms with Crippen molar-refractivity contribution in [2.75, 3.05) is 5.73 Å². The lowest BCUT2D eigenvalue weighted by molar-refractivity contribution is 0.102. The van der Waals surface area contributed by atoms with Gasteiger partial charge in [0.15, 0.2) is 5.82 Å². The van der Waals surface area contributed by atoms with Gasteiger partial charge in [-0.25, -0.2) is 8.78 Å². The molecule has 5 nitrogen and oxygen atoms in total. The summed E-state index contributed by atoms with van der Waals surface area (Å²) in [6, 6.07) is 3.85. The van der Waals surface area contributed by atoms with Crippen LogP contribution in [0.2, 0.25) is 0 Å². The fourth-order valence-corrected chi connectivity index (χ4v) is 3.06. The molecule has 2 aliphatic heterocycles. The number of halogens is 3. The van der Waals surface area contributed by atoms with E-state index >= 15 is 0 Å². The van der Waals surface area contributed by atoms with E-state index in [0.29, 0.717) is 0 Å². The van der Waals surface area contributed by atoms with Crippen LogP contribution in [0.3, 0.4) is 0 Å². The number of benzene rings is 1. The van der Waals surface area contributed by atoms with Gasteiger partial charge in [0.1, 0.15) is 17.5 Å². The lowest BCUT2D eigenvalue weighted by atomic mass is 9.88. The van der Waals surface area contributed by atoms with Gasteiger partial charge >= 0.3 is 0 Å². The maximum Gasteiger partial charge on any atom is 0.200 e. The third kappa shape index (κ3) is 2.15. The van der Waals surface area contributed by atoms with Gasteiger partial charge in [-0.2, -0.15) is 5.26 Å². The van der Waals surface area contributed by atoms with Crippen molar-refractivity contribution in [3.63, 3.8) is 0 Å². The number of carbonyl (C=O) groups excluding carboxylic acids is 1. The molecule has 0 bridgehead atoms. The number of nitrogens with two attached hydrogens (primary N) is 1. The first-order valence-corrected chi connectivity index (χ1v) is 7.23. The van der Waals surface area contributed by atoms with E-state index in [1.807, 2.05) is 6.07 Å². The van der Waals surface area contributed by atoms with Crippen LogP contribution in [0.5, 0.6) is 0 Å². The van der Waals surface area contributed by atoms with Gasteiger partial charge in [0.2, 0.25) is 5.78 Å². The zero-order chi connectivity index (χ0) is 17.6. The average Bonchev–Trinajstić information content (AvgIpc) is 2.90. The Morgan fingerprint density at radius 3 is 2.67 bits per heavy atom. The summed E-state index contributed by atoms with van der Waals surface area (Å²) in [5, 5.41) is 14.9. The molecule has 0 fully saturated rings. The van der Waals surface area contributed by atoms with E-state index < -0.39 is 28.6 Å². The minimum absolute atomic E-state index is 0.0352. The number of nitriles is 1. The lowest BCUT2D eigenvalue weighted by Gasteiger charge is -2.32. The fourth-order valence-electron chi connectivity index (χ4n) is 2.67. The summed E-state index contributed by atoms with van der Waals surface area (Å²) in [6.07, 6.45) is 2.71. The number of nitrogens with zero attached hydrogens (tertiary/aromatic N) is 1. The number of nitrogen functional groups attached to an aromatic ring is 1. The molecule has 0 aromatic heterocycles. The average molecular weight is 349 g/mol. The monoisotopic (exact) mass is 348 g/mol. The molecule has 2 heterocycles. The highest BCUT2D eigenvalue weighted by Crippen LogP contribution is 2.39. The third-order valence-corrected chi connectivity index (χ3v) is 4.34. The minimum Gasteiger partial charge on any atom is -0.396 e. The van der Waals surface area contributed by atoms with Gasteiger partial charge in [-0.3, -0.25) is 4.79 Å². The summed E-state index contributed by atoms with van der Waals surface area (Å²) >= 11 is 6.21. The summed E-state index contributed by atoms with van der Waals surface area (Å²) in [5.74, 6) is -3.08. The summed E-state index contributed by atoms with van der Waals surface area (Å²) < 4.78 is 28.2. The van der Waals surface area contributed by atoms with Crippen LogP contribution in [-0.2, 0) is 0 Å². The molecule has 8 heteroatoms. The number of Topliss-reactive ketones (excluding diaryl/α,β-unsaturated/α-hetero) is 1. The van der Waals surface area contributed by atoms with Crippen LogP contribution in [0.15, 0.2) is 46.3 Å². The number of fused-ring (bicyclic) bond motifs is 1. The molecular weight excluding hydrogens is 338 g/mol. The maximum absolute atomic E-state index is 14.2. The van der Waals surface area contributed by atoms with Crippen molar-refractivity contribution in [3.05, 3.63) is 63.5 Å². The van der Waals surface area contributed by atoms with Crippen molar-refractivity contribution in [1.29, 1.82) is 5.26 Å². The van der Waals surface area contributed by atoms with Gasteiger partial charge < -0.3 is 16.4 Å². The molecule has 24 heavy (non-hydrogen) atoms. The highest BCUT2D eigenvalue weighted by Gasteiger charge is 2.43. The molecule has 0 saturated carbocycles. The summed E-state index contributed by atoms with van der Waals surface area (Å²) in [4.78, 5) is 12.7. The van der Waals surface area contributed by atoms with Gasteiger partial charge in [0.25, 0.3) is 0 Å². The van der Waals surface area contributed by atoms with Gasteiger partial charge in [-0.1, -0.05) is 11.6 Å². The number of dihydropyridines is 1. The second-order valence-electron chi connectivity index (χ2n) is 5.49. The Kier molecular flexibility index (Phi) is 3.57. The van der Waals surface area contributed by atoms with Crippen LogP contribution in [0.4, 0.5) is 14.5 Å². The Morgan fingerprint density at radius 2 is 2.00 bits per heavy atom. The van der Waals surface area contributed by atoms with Gasteiger partial charge in [-0.05, 0) is 19.1 Å². The molecule has 0 aliphatic carbocycles. The first kappa shape index (κ1) is 16.0. The zero-order valence-electron chi connectivity index (χ0n) is 12.4. The Labute approximate surface area is 141 Å². The molecule has 0 amide bonds. The number of allylic oxidation sites excluding steroid dienone is 2. The zero-order valence-corrected chi connectivity index (χ0v) is 13.1. The normalized spacial score (nSPS) is 22.0. The predicted molar refractivity (Wildman–Crippen MR) is 84.4 cm³/mol. The largest absolute Gasteiger partial charge is 0.396 e. The third-order valence-electron chi connectivity index (χ3n) is 3.95. The topological polar surface area (TPSA) is 90.9 Å². The molecule has 2 aliphatic rings. The van der Waals surface area contributed by atoms with Crippen molar-refractivity contribution in [2.24, 2.45) is 0 Å². The predicted octanol–water partition coefficient (Wildman–Crippen LogP) is 2.44. The van der Waals surface area contributed by atoms with Gasteiger partial charge in [0, 0.05) is 23.5 Å². The number of hydrogen-bond acceptors (Lipinski definition) is 5. The Morgan fingerprint density at radius 1 is 1.33 bits per heavy atom. The second kappa shape index (κ2) is 5.35. The molecule has 0 radical (unpaired) electrons. The number of hydrogen-bond donors (Lipinski definition) is 3. The van der Waals surface area contributed by atoms with E-state index in [0.717, 1.165) is 12.1 Å². The molecule has 1 unspecified atom stereocenters. The van der Waals surface area contributed by atoms with Gasteiger partial charge in [-0.15, -0.1) is 0 Å². The standard InChI is InChI=1S/C16H11ClF2N4O/c1-16-12(13(17)7(4-20)5-22-16)8(6-23-16)15(24)11-9(18)2-3-10(21)14(11)19/h2-3,5-6,22-23H,21H2,1H3. The molecule has 3 rings (SSSR count). The highest BCUT2D eigenvalue weighted by atomic mass is 35.5. The SMILES string of the molecule is CC12NC=C(C#N)C(Cl)=C1C(C(=O)c1c(F)ccc(N)c1F)=CN2. The van der Waals surface area contributed by atoms with Gasteiger partial charge in [0.05, 0.1) is 21.9 Å². The lowest BCUT2D eigenvalue weighted by Crippen LogP contribution is -2.50. The van der Waals surface area contributed by atoms with Crippen LogP contribution in [0.25, 0.3) is 0 Å². The van der Waals surface area contributed by atoms with Crippen LogP contribution in [-0.4, -0.2) is 11.4 Å². The number of ketones is 1. The fraction of sp³-hybridized carbons (Fsp3) is 0.125. The first-order valence-electron chi connectivity index (χ1n) is 6.85. The molecule has 122 valence electrons. The Bertz CT molecular complexity index is 913. The first-order chi connectivity index (χ1) is 11.3. The van der Waals surface area contributed by atoms with Crippen LogP contribution in [0.1, 0.15) is 17.3 Å². The van der Waals surface area contributed by atoms with Crippen molar-refractivity contribution in [3.8, 4) is 6.07 Å². The number of nitrogens with one attached hydrogen (secondary N) is 2. The number of anilines is 1. The summed E-state index contributed by atoms with van der Waals surface area (Å²) in [5.41, 5.74) is 3.67. The summed E-state index contributed by atoms with van der Waals surface area (Å²) in [6.45, 7) is 1.68. The molecule has 0 spiro atoms. The van der Waals surface area contributed by atoms with Crippen molar-refractivity contribution in [2.45, 2.75) is 12.6 Å². The smallest absolute Gasteiger partial charge is 0.200 e. The second-order valence-corrected chi connectivity index (χ2v) is 5.86. The molecule has 4 N–H and O–H groups in total. The van der Waals surface area contributed by atoms with E-state index in [1.165, 1.54) is 12.4 Å². The van der Waals surface area contributed by atoms with Crippen molar-refractivity contribution in [1.82, 2.24) is 10.6 Å². The number of rotatable bonds is 2. The Hall–Kier alpha value is -2.85. The van der Waals surface area contributed by atoms with Crippen molar-refractivity contribution >= 4 is 23.1 Å².